The molecule has 2 rings (SSSR count). The summed E-state index contributed by atoms with van der Waals surface area (Å²) in [6.07, 6.45) is 1.15. The molecule has 0 aromatic heterocycles. The zero-order chi connectivity index (χ0) is 15.6. The molecular weight excluding hydrogens is 380 g/mol. The molecule has 0 spiro atoms. The molecule has 1 heterocycles. The predicted octanol–water partition coefficient (Wildman–Crippen LogP) is 3.35. The summed E-state index contributed by atoms with van der Waals surface area (Å²) in [5, 5.41) is 12.4. The molecule has 0 radical (unpaired) electrons. The van der Waals surface area contributed by atoms with Crippen molar-refractivity contribution in [3.8, 4) is 0 Å². The van der Waals surface area contributed by atoms with Crippen LogP contribution in [0.25, 0.3) is 0 Å². The molecule has 116 valence electrons. The van der Waals surface area contributed by atoms with Gasteiger partial charge in [0.25, 0.3) is 0 Å². The first kappa shape index (κ1) is 16.7. The van der Waals surface area contributed by atoms with Crippen molar-refractivity contribution in [1.29, 1.82) is 0 Å². The average Bonchev–Trinajstić information content (AvgIpc) is 2.46. The van der Waals surface area contributed by atoms with Gasteiger partial charge in [-0.3, -0.25) is 0 Å². The van der Waals surface area contributed by atoms with Crippen LogP contribution in [0.2, 0.25) is 5.02 Å². The normalized spacial score (nSPS) is 22.6. The van der Waals surface area contributed by atoms with Gasteiger partial charge in [-0.15, -0.1) is 0 Å². The van der Waals surface area contributed by atoms with Gasteiger partial charge in [-0.1, -0.05) is 39.6 Å². The summed E-state index contributed by atoms with van der Waals surface area (Å²) in [7, 11) is -3.64. The Morgan fingerprint density at radius 2 is 2.24 bits per heavy atom. The molecule has 1 aliphatic rings. The van der Waals surface area contributed by atoms with E-state index in [-0.39, 0.29) is 15.8 Å². The Hall–Kier alpha value is -0.630. The molecule has 0 aliphatic carbocycles. The summed E-state index contributed by atoms with van der Waals surface area (Å²) in [5.41, 5.74) is 0.658. The van der Waals surface area contributed by atoms with Crippen molar-refractivity contribution < 1.29 is 13.6 Å². The third-order valence-electron chi connectivity index (χ3n) is 3.65. The number of hydrogen-bond acceptors (Lipinski definition) is 4. The smallest absolute Gasteiger partial charge is 0.244 e. The second kappa shape index (κ2) is 6.64. The highest BCUT2D eigenvalue weighted by Gasteiger charge is 2.34. The Morgan fingerprint density at radius 3 is 2.81 bits per heavy atom. The van der Waals surface area contributed by atoms with E-state index in [1.54, 1.807) is 12.1 Å². The van der Waals surface area contributed by atoms with Gasteiger partial charge in [-0.25, -0.2) is 8.42 Å². The zero-order valence-corrected chi connectivity index (χ0v) is 14.6. The largest absolute Gasteiger partial charge is 0.411 e. The van der Waals surface area contributed by atoms with Crippen LogP contribution in [0.3, 0.4) is 0 Å². The highest BCUT2D eigenvalue weighted by atomic mass is 79.9. The molecule has 0 amide bonds. The van der Waals surface area contributed by atoms with E-state index in [9.17, 15) is 8.42 Å². The fourth-order valence-corrected chi connectivity index (χ4v) is 4.92. The molecule has 8 heteroatoms. The maximum Gasteiger partial charge on any atom is 0.244 e. The van der Waals surface area contributed by atoms with Gasteiger partial charge >= 0.3 is 0 Å². The molecule has 21 heavy (non-hydrogen) atoms. The number of rotatable bonds is 3. The molecule has 1 aliphatic heterocycles. The van der Waals surface area contributed by atoms with E-state index >= 15 is 0 Å². The summed E-state index contributed by atoms with van der Waals surface area (Å²) >= 11 is 9.32. The van der Waals surface area contributed by atoms with E-state index in [0.29, 0.717) is 25.2 Å². The zero-order valence-electron chi connectivity index (χ0n) is 11.5. The van der Waals surface area contributed by atoms with Crippen molar-refractivity contribution in [3.05, 3.63) is 27.7 Å². The maximum atomic E-state index is 12.7. The number of benzene rings is 1. The molecular formula is C13H16BrClN2O3S. The van der Waals surface area contributed by atoms with Crippen LogP contribution in [-0.2, 0) is 10.0 Å². The Morgan fingerprint density at radius 1 is 1.52 bits per heavy atom. The van der Waals surface area contributed by atoms with Gasteiger partial charge in [0, 0.05) is 29.9 Å². The van der Waals surface area contributed by atoms with E-state index in [2.05, 4.69) is 21.1 Å². The van der Waals surface area contributed by atoms with Crippen molar-refractivity contribution >= 4 is 43.3 Å². The Kier molecular flexibility index (Phi) is 5.29. The topological polar surface area (TPSA) is 70.0 Å². The lowest BCUT2D eigenvalue weighted by Gasteiger charge is -2.32. The minimum Gasteiger partial charge on any atom is -0.411 e. The summed E-state index contributed by atoms with van der Waals surface area (Å²) in [4.78, 5) is 0.103. The van der Waals surface area contributed by atoms with Gasteiger partial charge in [0.05, 0.1) is 10.7 Å². The molecule has 1 saturated heterocycles. The van der Waals surface area contributed by atoms with Crippen LogP contribution in [0.1, 0.15) is 19.8 Å². The molecule has 1 aromatic rings. The maximum absolute atomic E-state index is 12.7. The van der Waals surface area contributed by atoms with Crippen LogP contribution < -0.4 is 0 Å². The molecule has 0 bridgehead atoms. The SMILES string of the molecule is CCC1CN(S(=O)(=O)c2ccc(Br)cc2Cl)CC/C1=N\O. The van der Waals surface area contributed by atoms with Gasteiger partial charge in [0.1, 0.15) is 4.90 Å². The number of sulfonamides is 1. The van der Waals surface area contributed by atoms with Crippen molar-refractivity contribution in [2.45, 2.75) is 24.7 Å². The lowest BCUT2D eigenvalue weighted by atomic mass is 9.95. The first-order chi connectivity index (χ1) is 9.90. The summed E-state index contributed by atoms with van der Waals surface area (Å²) < 4.78 is 27.5. The average molecular weight is 396 g/mol. The minimum atomic E-state index is -3.64. The van der Waals surface area contributed by atoms with Gasteiger partial charge in [0.15, 0.2) is 0 Å². The monoisotopic (exact) mass is 394 g/mol. The number of piperidine rings is 1. The quantitative estimate of drug-likeness (QED) is 0.630. The highest BCUT2D eigenvalue weighted by Crippen LogP contribution is 2.30. The van der Waals surface area contributed by atoms with E-state index < -0.39 is 10.0 Å². The van der Waals surface area contributed by atoms with Crippen molar-refractivity contribution in [3.63, 3.8) is 0 Å². The fourth-order valence-electron chi connectivity index (χ4n) is 2.42. The number of oxime groups is 1. The second-order valence-electron chi connectivity index (χ2n) is 4.88. The van der Waals surface area contributed by atoms with Crippen molar-refractivity contribution in [2.75, 3.05) is 13.1 Å². The predicted molar refractivity (Wildman–Crippen MR) is 85.5 cm³/mol. The molecule has 1 aromatic carbocycles. The third-order valence-corrected chi connectivity index (χ3v) is 6.49. The van der Waals surface area contributed by atoms with Gasteiger partial charge in [-0.05, 0) is 24.6 Å². The van der Waals surface area contributed by atoms with E-state index in [4.69, 9.17) is 16.8 Å². The summed E-state index contributed by atoms with van der Waals surface area (Å²) in [6, 6.07) is 4.72. The lowest BCUT2D eigenvalue weighted by molar-refractivity contribution is 0.295. The Balaban J connectivity index is 2.32. The van der Waals surface area contributed by atoms with Crippen LogP contribution in [0, 0.1) is 5.92 Å². The highest BCUT2D eigenvalue weighted by molar-refractivity contribution is 9.10. The minimum absolute atomic E-state index is 0.0623. The van der Waals surface area contributed by atoms with Gasteiger partial charge in [-0.2, -0.15) is 4.31 Å². The molecule has 1 fully saturated rings. The second-order valence-corrected chi connectivity index (χ2v) is 8.11. The molecule has 1 atom stereocenters. The number of nitrogens with zero attached hydrogens (tertiary/aromatic N) is 2. The van der Waals surface area contributed by atoms with Crippen LogP contribution in [-0.4, -0.2) is 36.7 Å². The van der Waals surface area contributed by atoms with Crippen molar-refractivity contribution in [2.24, 2.45) is 11.1 Å². The van der Waals surface area contributed by atoms with Crippen LogP contribution in [0.15, 0.2) is 32.7 Å². The van der Waals surface area contributed by atoms with E-state index in [1.807, 2.05) is 6.92 Å². The van der Waals surface area contributed by atoms with E-state index in [1.165, 1.54) is 10.4 Å². The standard InChI is InChI=1S/C13H16BrClN2O3S/c1-2-9-8-17(6-5-12(9)16-18)21(19,20)13-4-3-10(14)7-11(13)15/h3-4,7,9,18H,2,5-6,8H2,1H3/b16-12+. The molecule has 1 unspecified atom stereocenters. The Labute approximate surface area is 137 Å². The first-order valence-electron chi connectivity index (χ1n) is 6.56. The van der Waals surface area contributed by atoms with Crippen LogP contribution >= 0.6 is 27.5 Å². The van der Waals surface area contributed by atoms with Crippen LogP contribution in [0.4, 0.5) is 0 Å². The first-order valence-corrected chi connectivity index (χ1v) is 9.17. The van der Waals surface area contributed by atoms with Gasteiger partial charge in [0.2, 0.25) is 10.0 Å². The molecule has 1 N–H and O–H groups in total. The third kappa shape index (κ3) is 3.41. The van der Waals surface area contributed by atoms with Crippen LogP contribution in [0.5, 0.6) is 0 Å². The summed E-state index contributed by atoms with van der Waals surface area (Å²) in [5.74, 6) is -0.0623. The molecule has 0 saturated carbocycles. The fraction of sp³-hybridized carbons (Fsp3) is 0.462. The van der Waals surface area contributed by atoms with E-state index in [0.717, 1.165) is 10.9 Å². The van der Waals surface area contributed by atoms with Gasteiger partial charge < -0.3 is 5.21 Å². The number of halogens is 2. The van der Waals surface area contributed by atoms with Crippen molar-refractivity contribution in [1.82, 2.24) is 4.31 Å². The molecule has 5 nitrogen and oxygen atoms in total. The lowest BCUT2D eigenvalue weighted by Crippen LogP contribution is -2.44. The Bertz CT molecular complexity index is 663. The number of hydrogen-bond donors (Lipinski definition) is 1. The summed E-state index contributed by atoms with van der Waals surface area (Å²) in [6.45, 7) is 2.55.